The molecule has 0 spiro atoms. The van der Waals surface area contributed by atoms with Crippen molar-refractivity contribution in [1.29, 1.82) is 0 Å². The molecule has 0 atom stereocenters. The average molecular weight is 157 g/mol. The van der Waals surface area contributed by atoms with Crippen LogP contribution in [0.25, 0.3) is 0 Å². The van der Waals surface area contributed by atoms with Crippen LogP contribution in [0.4, 0.5) is 13.2 Å². The predicted molar refractivity (Wildman–Crippen MR) is 31.5 cm³/mol. The lowest BCUT2D eigenvalue weighted by Crippen LogP contribution is -2.18. The first-order valence-corrected chi connectivity index (χ1v) is 2.64. The molecule has 0 saturated carbocycles. The van der Waals surface area contributed by atoms with Crippen molar-refractivity contribution < 1.29 is 18.0 Å². The van der Waals surface area contributed by atoms with Gasteiger partial charge in [0.25, 0.3) is 0 Å². The molecule has 0 amide bonds. The van der Waals surface area contributed by atoms with Gasteiger partial charge in [0.2, 0.25) is 5.78 Å². The standard InChI is InChI=1S/C3H3F3O.C2H7N/c1-2(7)3(4,5)6;1-2-3/h1H3;2-3H2,1H3. The smallest absolute Gasteiger partial charge is 0.331 e. The van der Waals surface area contributed by atoms with E-state index in [1.807, 2.05) is 6.92 Å². The summed E-state index contributed by atoms with van der Waals surface area (Å²) in [5.74, 6) is -1.76. The molecule has 0 aromatic rings. The van der Waals surface area contributed by atoms with E-state index in [4.69, 9.17) is 5.73 Å². The highest BCUT2D eigenvalue weighted by Crippen LogP contribution is 2.14. The van der Waals surface area contributed by atoms with Gasteiger partial charge in [-0.25, -0.2) is 0 Å². The first kappa shape index (κ1) is 12.1. The number of hydrogen-bond acceptors (Lipinski definition) is 2. The number of carbonyl (C=O) groups is 1. The number of carbonyl (C=O) groups excluding carboxylic acids is 1. The van der Waals surface area contributed by atoms with E-state index in [9.17, 15) is 18.0 Å². The summed E-state index contributed by atoms with van der Waals surface area (Å²) in [6.45, 7) is 3.14. The molecule has 0 rings (SSSR count). The van der Waals surface area contributed by atoms with Crippen LogP contribution in [0.3, 0.4) is 0 Å². The van der Waals surface area contributed by atoms with E-state index in [1.165, 1.54) is 0 Å². The van der Waals surface area contributed by atoms with E-state index in [2.05, 4.69) is 0 Å². The Balaban J connectivity index is 0. The topological polar surface area (TPSA) is 43.1 Å². The van der Waals surface area contributed by atoms with Crippen molar-refractivity contribution in [3.63, 3.8) is 0 Å². The van der Waals surface area contributed by atoms with Crippen LogP contribution in [-0.2, 0) is 4.79 Å². The fourth-order valence-electron chi connectivity index (χ4n) is 0. The summed E-state index contributed by atoms with van der Waals surface area (Å²) >= 11 is 0. The summed E-state index contributed by atoms with van der Waals surface area (Å²) in [5.41, 5.74) is 4.85. The van der Waals surface area contributed by atoms with Crippen molar-refractivity contribution in [3.05, 3.63) is 0 Å². The van der Waals surface area contributed by atoms with E-state index >= 15 is 0 Å². The van der Waals surface area contributed by atoms with Gasteiger partial charge in [-0.1, -0.05) is 6.92 Å². The average Bonchev–Trinajstić information content (AvgIpc) is 1.64. The Morgan fingerprint density at radius 1 is 1.50 bits per heavy atom. The maximum Gasteiger partial charge on any atom is 0.449 e. The van der Waals surface area contributed by atoms with E-state index in [-0.39, 0.29) is 0 Å². The molecule has 0 saturated heterocycles. The SMILES string of the molecule is CC(=O)C(F)(F)F.CCN. The van der Waals surface area contributed by atoms with Crippen LogP contribution in [-0.4, -0.2) is 18.5 Å². The molecule has 2 N–H and O–H groups in total. The largest absolute Gasteiger partial charge is 0.449 e. The Bertz CT molecular complexity index is 99.6. The summed E-state index contributed by atoms with van der Waals surface area (Å²) in [4.78, 5) is 9.34. The number of alkyl halides is 3. The van der Waals surface area contributed by atoms with Crippen molar-refractivity contribution in [3.8, 4) is 0 Å². The molecule has 0 aromatic heterocycles. The molecule has 0 aliphatic carbocycles. The van der Waals surface area contributed by atoms with Crippen LogP contribution < -0.4 is 5.73 Å². The molecule has 2 nitrogen and oxygen atoms in total. The molecule has 0 aliphatic rings. The van der Waals surface area contributed by atoms with Crippen LogP contribution >= 0.6 is 0 Å². The third kappa shape index (κ3) is 10.4. The van der Waals surface area contributed by atoms with Crippen LogP contribution in [0.2, 0.25) is 0 Å². The third-order valence-corrected chi connectivity index (χ3v) is 0.399. The lowest BCUT2D eigenvalue weighted by atomic mass is 10.5. The molecule has 0 fully saturated rings. The maximum atomic E-state index is 10.8. The van der Waals surface area contributed by atoms with Gasteiger partial charge >= 0.3 is 6.18 Å². The molecule has 62 valence electrons. The number of hydrogen-bond donors (Lipinski definition) is 1. The number of ketones is 1. The minimum atomic E-state index is -4.64. The summed E-state index contributed by atoms with van der Waals surface area (Å²) in [6, 6.07) is 0. The fourth-order valence-corrected chi connectivity index (χ4v) is 0. The Morgan fingerprint density at radius 2 is 1.60 bits per heavy atom. The first-order valence-electron chi connectivity index (χ1n) is 2.64. The minimum Gasteiger partial charge on any atom is -0.331 e. The van der Waals surface area contributed by atoms with Gasteiger partial charge in [-0.15, -0.1) is 0 Å². The molecule has 0 aromatic carbocycles. The quantitative estimate of drug-likeness (QED) is 0.572. The highest BCUT2D eigenvalue weighted by Gasteiger charge is 2.33. The second kappa shape index (κ2) is 5.22. The lowest BCUT2D eigenvalue weighted by molar-refractivity contribution is -0.168. The molecule has 0 aliphatic heterocycles. The Hall–Kier alpha value is -0.580. The van der Waals surface area contributed by atoms with Gasteiger partial charge in [0.15, 0.2) is 0 Å². The Labute approximate surface area is 57.2 Å². The Kier molecular flexibility index (Phi) is 6.34. The van der Waals surface area contributed by atoms with Crippen LogP contribution in [0.1, 0.15) is 13.8 Å². The van der Waals surface area contributed by atoms with Crippen LogP contribution in [0.5, 0.6) is 0 Å². The summed E-state index contributed by atoms with van der Waals surface area (Å²) in [7, 11) is 0. The zero-order valence-corrected chi connectivity index (χ0v) is 5.83. The van der Waals surface area contributed by atoms with Gasteiger partial charge in [0.1, 0.15) is 0 Å². The molecular formula is C5H10F3NO. The second-order valence-corrected chi connectivity index (χ2v) is 1.46. The van der Waals surface area contributed by atoms with E-state index in [0.29, 0.717) is 6.92 Å². The third-order valence-electron chi connectivity index (χ3n) is 0.399. The maximum absolute atomic E-state index is 10.8. The van der Waals surface area contributed by atoms with Crippen molar-refractivity contribution in [2.45, 2.75) is 20.0 Å². The molecule has 5 heteroatoms. The van der Waals surface area contributed by atoms with Gasteiger partial charge in [0, 0.05) is 6.92 Å². The summed E-state index contributed by atoms with van der Waals surface area (Å²) < 4.78 is 32.5. The number of nitrogens with two attached hydrogens (primary N) is 1. The molecular weight excluding hydrogens is 147 g/mol. The molecule has 0 heterocycles. The van der Waals surface area contributed by atoms with E-state index in [1.54, 1.807) is 0 Å². The van der Waals surface area contributed by atoms with Crippen molar-refractivity contribution in [1.82, 2.24) is 0 Å². The lowest BCUT2D eigenvalue weighted by Gasteiger charge is -1.95. The zero-order chi connectivity index (χ0) is 8.78. The van der Waals surface area contributed by atoms with Crippen LogP contribution in [0, 0.1) is 0 Å². The van der Waals surface area contributed by atoms with Gasteiger partial charge in [-0.05, 0) is 6.54 Å². The van der Waals surface area contributed by atoms with Crippen LogP contribution in [0.15, 0.2) is 0 Å². The molecule has 0 unspecified atom stereocenters. The minimum absolute atomic E-state index is 0.486. The Morgan fingerprint density at radius 3 is 1.60 bits per heavy atom. The molecule has 0 bridgehead atoms. The predicted octanol–water partition coefficient (Wildman–Crippen LogP) is 1.10. The summed E-state index contributed by atoms with van der Waals surface area (Å²) in [6.07, 6.45) is -4.64. The van der Waals surface area contributed by atoms with Gasteiger partial charge < -0.3 is 5.73 Å². The number of halogens is 3. The highest BCUT2D eigenvalue weighted by molar-refractivity contribution is 5.81. The van der Waals surface area contributed by atoms with Gasteiger partial charge in [0.05, 0.1) is 0 Å². The van der Waals surface area contributed by atoms with Crippen molar-refractivity contribution in [2.24, 2.45) is 5.73 Å². The normalized spacial score (nSPS) is 9.80. The van der Waals surface area contributed by atoms with Crippen molar-refractivity contribution in [2.75, 3.05) is 6.54 Å². The number of rotatable bonds is 0. The van der Waals surface area contributed by atoms with Gasteiger partial charge in [-0.3, -0.25) is 4.79 Å². The second-order valence-electron chi connectivity index (χ2n) is 1.46. The van der Waals surface area contributed by atoms with Gasteiger partial charge in [-0.2, -0.15) is 13.2 Å². The monoisotopic (exact) mass is 157 g/mol. The zero-order valence-electron chi connectivity index (χ0n) is 5.83. The number of Topliss-reactive ketones (excluding diaryl/α,β-unsaturated/α-hetero) is 1. The van der Waals surface area contributed by atoms with Crippen molar-refractivity contribution >= 4 is 5.78 Å². The summed E-state index contributed by atoms with van der Waals surface area (Å²) in [5, 5.41) is 0. The van der Waals surface area contributed by atoms with E-state index in [0.717, 1.165) is 6.54 Å². The first-order chi connectivity index (χ1) is 4.36. The fraction of sp³-hybridized carbons (Fsp3) is 0.800. The highest BCUT2D eigenvalue weighted by atomic mass is 19.4. The molecule has 0 radical (unpaired) electrons. The molecule has 10 heavy (non-hydrogen) atoms. The van der Waals surface area contributed by atoms with E-state index < -0.39 is 12.0 Å².